The van der Waals surface area contributed by atoms with Crippen LogP contribution >= 0.6 is 27.3 Å². The number of hydrazine groups is 1. The minimum atomic E-state index is 0.0345. The Kier molecular flexibility index (Phi) is 5.42. The van der Waals surface area contributed by atoms with Crippen molar-refractivity contribution in [1.82, 2.24) is 5.43 Å². The fraction of sp³-hybridized carbons (Fsp3) is 0.286. The Morgan fingerprint density at radius 1 is 1.25 bits per heavy atom. The number of methoxy groups -OCH3 is 2. The van der Waals surface area contributed by atoms with Crippen LogP contribution in [-0.2, 0) is 6.42 Å². The number of nitrogens with one attached hydrogen (secondary N) is 1. The van der Waals surface area contributed by atoms with Gasteiger partial charge in [0, 0.05) is 14.7 Å². The molecule has 0 spiro atoms. The fourth-order valence-corrected chi connectivity index (χ4v) is 3.25. The number of halogens is 1. The monoisotopic (exact) mass is 356 g/mol. The molecule has 1 aromatic carbocycles. The summed E-state index contributed by atoms with van der Waals surface area (Å²) in [7, 11) is 3.32. The van der Waals surface area contributed by atoms with Gasteiger partial charge in [-0.1, -0.05) is 15.9 Å². The summed E-state index contributed by atoms with van der Waals surface area (Å²) in [5.41, 5.74) is 4.00. The van der Waals surface area contributed by atoms with Crippen LogP contribution in [0.5, 0.6) is 11.5 Å². The number of thiophene rings is 1. The normalized spacial score (nSPS) is 12.2. The van der Waals surface area contributed by atoms with Crippen LogP contribution in [0, 0.1) is 0 Å². The lowest BCUT2D eigenvalue weighted by Gasteiger charge is -2.16. The van der Waals surface area contributed by atoms with Crippen molar-refractivity contribution in [2.24, 2.45) is 5.84 Å². The van der Waals surface area contributed by atoms with Gasteiger partial charge in [0.1, 0.15) is 11.5 Å². The fourth-order valence-electron chi connectivity index (χ4n) is 1.92. The van der Waals surface area contributed by atoms with E-state index >= 15 is 0 Å². The molecule has 0 bridgehead atoms. The standard InChI is InChI=1S/C14H17BrN2O2S/c1-18-10-3-4-12(15)9(5-10)6-13(17-16)14-7-11(19-2)8-20-14/h3-5,7-8,13,17H,6,16H2,1-2H3. The summed E-state index contributed by atoms with van der Waals surface area (Å²) in [5, 5.41) is 1.97. The van der Waals surface area contributed by atoms with E-state index in [2.05, 4.69) is 21.4 Å². The third-order valence-electron chi connectivity index (χ3n) is 3.05. The average Bonchev–Trinajstić information content (AvgIpc) is 2.95. The number of benzene rings is 1. The van der Waals surface area contributed by atoms with E-state index in [1.807, 2.05) is 29.6 Å². The second kappa shape index (κ2) is 7.08. The quantitative estimate of drug-likeness (QED) is 0.615. The lowest BCUT2D eigenvalue weighted by atomic mass is 10.0. The Morgan fingerprint density at radius 3 is 2.60 bits per heavy atom. The van der Waals surface area contributed by atoms with Crippen LogP contribution in [0.3, 0.4) is 0 Å². The minimum Gasteiger partial charge on any atom is -0.497 e. The highest BCUT2D eigenvalue weighted by molar-refractivity contribution is 9.10. The molecular formula is C14H17BrN2O2S. The van der Waals surface area contributed by atoms with Crippen LogP contribution in [0.2, 0.25) is 0 Å². The third kappa shape index (κ3) is 3.52. The summed E-state index contributed by atoms with van der Waals surface area (Å²) >= 11 is 5.19. The van der Waals surface area contributed by atoms with Gasteiger partial charge >= 0.3 is 0 Å². The molecule has 0 saturated carbocycles. The van der Waals surface area contributed by atoms with Crippen molar-refractivity contribution in [3.63, 3.8) is 0 Å². The molecule has 0 saturated heterocycles. The average molecular weight is 357 g/mol. The van der Waals surface area contributed by atoms with Gasteiger partial charge in [-0.15, -0.1) is 11.3 Å². The molecule has 0 fully saturated rings. The number of rotatable bonds is 6. The van der Waals surface area contributed by atoms with Crippen LogP contribution in [0.15, 0.2) is 34.1 Å². The van der Waals surface area contributed by atoms with Crippen LogP contribution in [0.25, 0.3) is 0 Å². The summed E-state index contributed by atoms with van der Waals surface area (Å²) in [6, 6.07) is 7.96. The maximum atomic E-state index is 5.69. The zero-order chi connectivity index (χ0) is 14.5. The SMILES string of the molecule is COc1csc(C(Cc2cc(OC)ccc2Br)NN)c1. The molecule has 108 valence electrons. The lowest BCUT2D eigenvalue weighted by molar-refractivity contribution is 0.413. The third-order valence-corrected chi connectivity index (χ3v) is 4.85. The highest BCUT2D eigenvalue weighted by Crippen LogP contribution is 2.31. The number of hydrogen-bond acceptors (Lipinski definition) is 5. The summed E-state index contributed by atoms with van der Waals surface area (Å²) < 4.78 is 11.5. The predicted octanol–water partition coefficient (Wildman–Crippen LogP) is 3.27. The van der Waals surface area contributed by atoms with E-state index < -0.39 is 0 Å². The predicted molar refractivity (Wildman–Crippen MR) is 85.3 cm³/mol. The van der Waals surface area contributed by atoms with Gasteiger partial charge in [-0.05, 0) is 36.2 Å². The summed E-state index contributed by atoms with van der Waals surface area (Å²) in [6.45, 7) is 0. The number of hydrogen-bond donors (Lipinski definition) is 2. The van der Waals surface area contributed by atoms with E-state index in [9.17, 15) is 0 Å². The van der Waals surface area contributed by atoms with Gasteiger partial charge in [-0.3, -0.25) is 11.3 Å². The van der Waals surface area contributed by atoms with E-state index in [1.54, 1.807) is 25.6 Å². The Bertz CT molecular complexity index is 574. The first-order chi connectivity index (χ1) is 9.67. The molecule has 0 radical (unpaired) electrons. The van der Waals surface area contributed by atoms with Gasteiger partial charge in [0.2, 0.25) is 0 Å². The molecule has 0 aliphatic carbocycles. The van der Waals surface area contributed by atoms with Crippen molar-refractivity contribution in [2.45, 2.75) is 12.5 Å². The summed E-state index contributed by atoms with van der Waals surface area (Å²) in [5.74, 6) is 7.39. The Balaban J connectivity index is 2.21. The molecular weight excluding hydrogens is 340 g/mol. The second-order valence-electron chi connectivity index (χ2n) is 4.27. The van der Waals surface area contributed by atoms with Gasteiger partial charge in [0.05, 0.1) is 20.3 Å². The lowest BCUT2D eigenvalue weighted by Crippen LogP contribution is -2.29. The van der Waals surface area contributed by atoms with Gasteiger partial charge < -0.3 is 9.47 Å². The largest absolute Gasteiger partial charge is 0.497 e. The Labute approximate surface area is 131 Å². The topological polar surface area (TPSA) is 56.5 Å². The molecule has 2 rings (SSSR count). The molecule has 6 heteroatoms. The van der Waals surface area contributed by atoms with Crippen LogP contribution in [0.1, 0.15) is 16.5 Å². The molecule has 0 aliphatic rings. The Hall–Kier alpha value is -1.08. The molecule has 1 heterocycles. The van der Waals surface area contributed by atoms with Gasteiger partial charge in [-0.2, -0.15) is 0 Å². The Morgan fingerprint density at radius 2 is 2.00 bits per heavy atom. The van der Waals surface area contributed by atoms with Crippen LogP contribution in [-0.4, -0.2) is 14.2 Å². The molecule has 1 atom stereocenters. The highest BCUT2D eigenvalue weighted by atomic mass is 79.9. The second-order valence-corrected chi connectivity index (χ2v) is 6.07. The van der Waals surface area contributed by atoms with Gasteiger partial charge in [0.15, 0.2) is 0 Å². The molecule has 0 aliphatic heterocycles. The molecule has 3 N–H and O–H groups in total. The minimum absolute atomic E-state index is 0.0345. The zero-order valence-electron chi connectivity index (χ0n) is 11.4. The first-order valence-corrected chi connectivity index (χ1v) is 7.76. The van der Waals surface area contributed by atoms with E-state index in [4.69, 9.17) is 15.3 Å². The van der Waals surface area contributed by atoms with Crippen LogP contribution < -0.4 is 20.7 Å². The first kappa shape index (κ1) is 15.3. The first-order valence-electron chi connectivity index (χ1n) is 6.09. The van der Waals surface area contributed by atoms with Crippen molar-refractivity contribution in [3.8, 4) is 11.5 Å². The molecule has 4 nitrogen and oxygen atoms in total. The van der Waals surface area contributed by atoms with Crippen molar-refractivity contribution in [1.29, 1.82) is 0 Å². The van der Waals surface area contributed by atoms with E-state index in [0.29, 0.717) is 0 Å². The van der Waals surface area contributed by atoms with Crippen LogP contribution in [0.4, 0.5) is 0 Å². The smallest absolute Gasteiger partial charge is 0.129 e. The highest BCUT2D eigenvalue weighted by Gasteiger charge is 2.15. The van der Waals surface area contributed by atoms with E-state index in [0.717, 1.165) is 32.8 Å². The van der Waals surface area contributed by atoms with Crippen molar-refractivity contribution in [3.05, 3.63) is 44.6 Å². The van der Waals surface area contributed by atoms with Crippen molar-refractivity contribution >= 4 is 27.3 Å². The summed E-state index contributed by atoms with van der Waals surface area (Å²) in [6.07, 6.45) is 0.762. The van der Waals surface area contributed by atoms with Crippen molar-refractivity contribution < 1.29 is 9.47 Å². The van der Waals surface area contributed by atoms with Crippen molar-refractivity contribution in [2.75, 3.05) is 14.2 Å². The molecule has 1 aromatic heterocycles. The maximum absolute atomic E-state index is 5.69. The number of ether oxygens (including phenoxy) is 2. The summed E-state index contributed by atoms with van der Waals surface area (Å²) in [4.78, 5) is 1.14. The molecule has 20 heavy (non-hydrogen) atoms. The van der Waals surface area contributed by atoms with Gasteiger partial charge in [-0.25, -0.2) is 0 Å². The molecule has 2 aromatic rings. The number of nitrogens with two attached hydrogens (primary N) is 1. The molecule has 1 unspecified atom stereocenters. The zero-order valence-corrected chi connectivity index (χ0v) is 13.8. The molecule has 0 amide bonds. The van der Waals surface area contributed by atoms with E-state index in [1.165, 1.54) is 0 Å². The van der Waals surface area contributed by atoms with E-state index in [-0.39, 0.29) is 6.04 Å². The van der Waals surface area contributed by atoms with Gasteiger partial charge in [0.25, 0.3) is 0 Å². The maximum Gasteiger partial charge on any atom is 0.129 e.